The van der Waals surface area contributed by atoms with E-state index < -0.39 is 23.8 Å². The number of amides is 3. The number of nitrogens with one attached hydrogen (secondary N) is 2. The Morgan fingerprint density at radius 3 is 2.29 bits per heavy atom. The number of likely N-dealkylation sites (tertiary alicyclic amines) is 1. The smallest absolute Gasteiger partial charge is 0.305 e. The summed E-state index contributed by atoms with van der Waals surface area (Å²) < 4.78 is 0. The predicted molar refractivity (Wildman–Crippen MR) is 165 cm³/mol. The van der Waals surface area contributed by atoms with Crippen LogP contribution in [0.5, 0.6) is 0 Å². The lowest BCUT2D eigenvalue weighted by Crippen LogP contribution is -2.46. The number of halogens is 1. The number of H-pyrrole nitrogens is 1. The maximum atomic E-state index is 14.0. The van der Waals surface area contributed by atoms with Crippen molar-refractivity contribution in [3.05, 3.63) is 79.2 Å². The minimum absolute atomic E-state index is 0.00289. The molecule has 3 amide bonds. The van der Waals surface area contributed by atoms with Gasteiger partial charge in [0.05, 0.1) is 16.9 Å². The lowest BCUT2D eigenvalue weighted by atomic mass is 9.68. The second-order valence-corrected chi connectivity index (χ2v) is 15.7. The molecule has 2 N–H and O–H groups in total. The SMILES string of the molecule is CC(C(=O)Nc1ccc(Cl)cc1)N1C(=O)C2C3CC(C2C1=O)C1C(c2ccc(C(C)(C)C)cc2)c2sc(=O)[nH]c2SC31. The van der Waals surface area contributed by atoms with Gasteiger partial charge < -0.3 is 10.3 Å². The molecule has 3 fully saturated rings. The topological polar surface area (TPSA) is 99.3 Å². The summed E-state index contributed by atoms with van der Waals surface area (Å²) in [6.07, 6.45) is 0.810. The lowest BCUT2D eigenvalue weighted by molar-refractivity contribution is -0.146. The van der Waals surface area contributed by atoms with Crippen LogP contribution in [0.4, 0.5) is 5.69 Å². The number of thiazole rings is 1. The first-order valence-electron chi connectivity index (χ1n) is 14.4. The summed E-state index contributed by atoms with van der Waals surface area (Å²) in [5.41, 5.74) is 2.95. The largest absolute Gasteiger partial charge is 0.324 e. The third kappa shape index (κ3) is 4.22. The van der Waals surface area contributed by atoms with Crippen LogP contribution in [0.15, 0.2) is 58.4 Å². The molecule has 42 heavy (non-hydrogen) atoms. The van der Waals surface area contributed by atoms with Gasteiger partial charge in [-0.15, -0.1) is 11.8 Å². The predicted octanol–water partition coefficient (Wildman–Crippen LogP) is 5.89. The minimum atomic E-state index is -0.931. The van der Waals surface area contributed by atoms with E-state index in [0.717, 1.165) is 21.9 Å². The van der Waals surface area contributed by atoms with Crippen molar-refractivity contribution in [2.45, 2.75) is 61.8 Å². The Labute approximate surface area is 257 Å². The lowest BCUT2D eigenvalue weighted by Gasteiger charge is -2.43. The average molecular weight is 622 g/mol. The van der Waals surface area contributed by atoms with Gasteiger partial charge in [0.2, 0.25) is 17.7 Å². The quantitative estimate of drug-likeness (QED) is 0.354. The summed E-state index contributed by atoms with van der Waals surface area (Å²) in [5.74, 6) is -1.66. The van der Waals surface area contributed by atoms with E-state index in [1.807, 2.05) is 0 Å². The molecule has 2 aliphatic carbocycles. The summed E-state index contributed by atoms with van der Waals surface area (Å²) in [7, 11) is 0. The first-order valence-corrected chi connectivity index (χ1v) is 16.4. The third-order valence-electron chi connectivity index (χ3n) is 9.77. The molecule has 3 heterocycles. The number of rotatable bonds is 4. The van der Waals surface area contributed by atoms with E-state index in [2.05, 4.69) is 55.3 Å². The van der Waals surface area contributed by atoms with Crippen LogP contribution in [0.2, 0.25) is 5.02 Å². The molecule has 8 atom stereocenters. The highest BCUT2D eigenvalue weighted by molar-refractivity contribution is 8.00. The molecule has 0 spiro atoms. The summed E-state index contributed by atoms with van der Waals surface area (Å²) >= 11 is 8.90. The number of aromatic nitrogens is 1. The van der Waals surface area contributed by atoms with Crippen molar-refractivity contribution >= 4 is 58.1 Å². The fraction of sp³-hybridized carbons (Fsp3) is 0.438. The van der Waals surface area contributed by atoms with Crippen molar-refractivity contribution in [1.29, 1.82) is 0 Å². The molecule has 4 aliphatic rings. The fourth-order valence-corrected chi connectivity index (χ4v) is 10.9. The zero-order valence-corrected chi connectivity index (χ0v) is 26.1. The first kappa shape index (κ1) is 27.9. The maximum Gasteiger partial charge on any atom is 0.305 e. The number of anilines is 1. The number of thioether (sulfide) groups is 1. The van der Waals surface area contributed by atoms with Crippen LogP contribution in [0.25, 0.3) is 0 Å². The van der Waals surface area contributed by atoms with Crippen molar-refractivity contribution in [3.8, 4) is 0 Å². The van der Waals surface area contributed by atoms with E-state index in [1.165, 1.54) is 21.8 Å². The van der Waals surface area contributed by atoms with E-state index in [4.69, 9.17) is 11.6 Å². The second-order valence-electron chi connectivity index (χ2n) is 13.1. The van der Waals surface area contributed by atoms with Crippen molar-refractivity contribution in [3.63, 3.8) is 0 Å². The van der Waals surface area contributed by atoms with Gasteiger partial charge >= 0.3 is 4.87 Å². The average Bonchev–Trinajstić information content (AvgIpc) is 3.68. The Morgan fingerprint density at radius 2 is 1.64 bits per heavy atom. The molecule has 8 unspecified atom stereocenters. The van der Waals surface area contributed by atoms with Crippen LogP contribution < -0.4 is 10.2 Å². The van der Waals surface area contributed by atoms with Gasteiger partial charge in [-0.3, -0.25) is 24.1 Å². The maximum absolute atomic E-state index is 14.0. The van der Waals surface area contributed by atoms with E-state index in [-0.39, 0.29) is 51.0 Å². The molecule has 2 aliphatic heterocycles. The number of hydrogen-bond donors (Lipinski definition) is 2. The molecule has 1 saturated heterocycles. The molecule has 2 saturated carbocycles. The number of nitrogens with zero attached hydrogens (tertiary/aromatic N) is 1. The minimum Gasteiger partial charge on any atom is -0.324 e. The highest BCUT2D eigenvalue weighted by Crippen LogP contribution is 2.68. The Kier molecular flexibility index (Phi) is 6.53. The molecule has 2 aromatic carbocycles. The summed E-state index contributed by atoms with van der Waals surface area (Å²) in [5, 5.41) is 4.37. The van der Waals surface area contributed by atoms with Gasteiger partial charge in [-0.05, 0) is 71.9 Å². The zero-order chi connectivity index (χ0) is 29.7. The monoisotopic (exact) mass is 621 g/mol. The van der Waals surface area contributed by atoms with Gasteiger partial charge in [0.15, 0.2) is 0 Å². The molecule has 1 aromatic heterocycles. The molecule has 3 aromatic rings. The molecule has 7 rings (SSSR count). The van der Waals surface area contributed by atoms with Gasteiger partial charge in [-0.1, -0.05) is 68.0 Å². The Morgan fingerprint density at radius 1 is 1.00 bits per heavy atom. The van der Waals surface area contributed by atoms with Crippen LogP contribution >= 0.6 is 34.7 Å². The van der Waals surface area contributed by atoms with Crippen LogP contribution in [0.1, 0.15) is 56.0 Å². The Balaban J connectivity index is 1.20. The fourth-order valence-electron chi connectivity index (χ4n) is 7.88. The highest BCUT2D eigenvalue weighted by atomic mass is 35.5. The number of imide groups is 1. The van der Waals surface area contributed by atoms with Gasteiger partial charge in [-0.2, -0.15) is 0 Å². The van der Waals surface area contributed by atoms with Gasteiger partial charge in [-0.25, -0.2) is 0 Å². The molecule has 10 heteroatoms. The number of carbonyl (C=O) groups is 3. The van der Waals surface area contributed by atoms with Crippen molar-refractivity contribution in [1.82, 2.24) is 9.88 Å². The Hall–Kier alpha value is -2.88. The Bertz CT molecular complexity index is 1660. The van der Waals surface area contributed by atoms with E-state index in [0.29, 0.717) is 10.7 Å². The normalized spacial score (nSPS) is 30.2. The van der Waals surface area contributed by atoms with Crippen LogP contribution in [0, 0.1) is 29.6 Å². The van der Waals surface area contributed by atoms with Gasteiger partial charge in [0.25, 0.3) is 0 Å². The van der Waals surface area contributed by atoms with Crippen LogP contribution in [-0.2, 0) is 19.8 Å². The molecular weight excluding hydrogens is 590 g/mol. The van der Waals surface area contributed by atoms with E-state index >= 15 is 0 Å². The molecular formula is C32H32ClN3O4S2. The summed E-state index contributed by atoms with van der Waals surface area (Å²) in [4.78, 5) is 58.8. The number of hydrogen-bond acceptors (Lipinski definition) is 6. The third-order valence-corrected chi connectivity index (χ3v) is 12.6. The second kappa shape index (κ2) is 9.82. The highest BCUT2D eigenvalue weighted by Gasteiger charge is 2.70. The van der Waals surface area contributed by atoms with Crippen molar-refractivity contribution < 1.29 is 14.4 Å². The van der Waals surface area contributed by atoms with Crippen molar-refractivity contribution in [2.24, 2.45) is 29.6 Å². The zero-order valence-electron chi connectivity index (χ0n) is 23.7. The number of benzene rings is 2. The molecule has 0 radical (unpaired) electrons. The standard InChI is InChI=1S/C32H32ClN3O4S2/c1-14(27(37)34-18-11-9-17(33)10-12-18)36-29(38)23-19-13-20(24(23)30(36)39)25-22(19)21(26-28(41-25)35-31(40)42-26)15-5-7-16(8-6-15)32(2,3)4/h5-12,14,19-25H,13H2,1-4H3,(H,34,37)(H,35,40). The summed E-state index contributed by atoms with van der Waals surface area (Å²) in [6.45, 7) is 8.18. The van der Waals surface area contributed by atoms with Crippen molar-refractivity contribution in [2.75, 3.05) is 5.32 Å². The van der Waals surface area contributed by atoms with E-state index in [9.17, 15) is 19.2 Å². The summed E-state index contributed by atoms with van der Waals surface area (Å²) in [6, 6.07) is 14.5. The first-order chi connectivity index (χ1) is 19.9. The molecule has 7 nitrogen and oxygen atoms in total. The number of carbonyl (C=O) groups excluding carboxylic acids is 3. The molecule has 2 bridgehead atoms. The van der Waals surface area contributed by atoms with Gasteiger partial charge in [0, 0.05) is 26.8 Å². The van der Waals surface area contributed by atoms with E-state index in [1.54, 1.807) is 43.0 Å². The molecule has 218 valence electrons. The van der Waals surface area contributed by atoms with Crippen LogP contribution in [-0.4, -0.2) is 38.9 Å². The van der Waals surface area contributed by atoms with Gasteiger partial charge in [0.1, 0.15) is 6.04 Å². The number of aromatic amines is 1. The number of fused-ring (bicyclic) bond motifs is 9. The van der Waals surface area contributed by atoms with Crippen LogP contribution in [0.3, 0.4) is 0 Å².